The van der Waals surface area contributed by atoms with E-state index >= 15 is 0 Å². The smallest absolute Gasteiger partial charge is 0.262 e. The van der Waals surface area contributed by atoms with Crippen LogP contribution in [0.4, 0.5) is 0 Å². The minimum atomic E-state index is -0.304. The van der Waals surface area contributed by atoms with Gasteiger partial charge in [0.15, 0.2) is 0 Å². The normalized spacial score (nSPS) is 14.4. The highest BCUT2D eigenvalue weighted by Crippen LogP contribution is 2.34. The molecule has 0 saturated heterocycles. The van der Waals surface area contributed by atoms with Gasteiger partial charge in [-0.3, -0.25) is 14.2 Å². The van der Waals surface area contributed by atoms with Gasteiger partial charge in [0.25, 0.3) is 5.56 Å². The summed E-state index contributed by atoms with van der Waals surface area (Å²) in [5.41, 5.74) is 0.753. The molecule has 0 spiro atoms. The molecular weight excluding hydrogens is 286 g/mol. The van der Waals surface area contributed by atoms with Gasteiger partial charge in [0.2, 0.25) is 5.91 Å². The van der Waals surface area contributed by atoms with E-state index in [1.807, 2.05) is 20.8 Å². The van der Waals surface area contributed by atoms with Crippen molar-refractivity contribution in [1.82, 2.24) is 14.9 Å². The number of hydrogen-bond acceptors (Lipinski definition) is 4. The Bertz CT molecular complexity index is 768. The van der Waals surface area contributed by atoms with Crippen LogP contribution in [-0.2, 0) is 24.2 Å². The predicted octanol–water partition coefficient (Wildman–Crippen LogP) is 1.86. The Balaban J connectivity index is 1.95. The fourth-order valence-corrected chi connectivity index (χ4v) is 3.96. The molecule has 0 unspecified atom stereocenters. The van der Waals surface area contributed by atoms with Crippen molar-refractivity contribution >= 4 is 27.5 Å². The predicted molar refractivity (Wildman–Crippen MR) is 83.8 cm³/mol. The fraction of sp³-hybridized carbons (Fsp3) is 0.533. The molecule has 0 saturated carbocycles. The van der Waals surface area contributed by atoms with Crippen LogP contribution in [0.1, 0.15) is 37.6 Å². The summed E-state index contributed by atoms with van der Waals surface area (Å²) in [6.07, 6.45) is 4.58. The van der Waals surface area contributed by atoms with Crippen LogP contribution in [0.2, 0.25) is 0 Å². The third kappa shape index (κ3) is 2.72. The molecule has 2 heterocycles. The molecule has 0 atom stereocenters. The number of nitrogens with one attached hydrogen (secondary N) is 1. The van der Waals surface area contributed by atoms with E-state index < -0.39 is 0 Å². The third-order valence-electron chi connectivity index (χ3n) is 3.52. The van der Waals surface area contributed by atoms with Crippen molar-refractivity contribution < 1.29 is 4.79 Å². The maximum absolute atomic E-state index is 12.6. The van der Waals surface area contributed by atoms with Gasteiger partial charge in [-0.2, -0.15) is 0 Å². The van der Waals surface area contributed by atoms with E-state index in [4.69, 9.17) is 0 Å². The van der Waals surface area contributed by atoms with E-state index in [1.165, 1.54) is 15.8 Å². The topological polar surface area (TPSA) is 64.0 Å². The Morgan fingerprint density at radius 3 is 2.90 bits per heavy atom. The zero-order chi connectivity index (χ0) is 15.2. The maximum atomic E-state index is 12.6. The number of amides is 1. The summed E-state index contributed by atoms with van der Waals surface area (Å²) in [5.74, 6) is -0.169. The molecule has 0 bridgehead atoms. The van der Waals surface area contributed by atoms with Crippen LogP contribution in [0.5, 0.6) is 0 Å². The van der Waals surface area contributed by atoms with E-state index in [2.05, 4.69) is 10.3 Å². The molecule has 1 aliphatic carbocycles. The first-order chi connectivity index (χ1) is 9.85. The van der Waals surface area contributed by atoms with Gasteiger partial charge in [-0.25, -0.2) is 4.98 Å². The summed E-state index contributed by atoms with van der Waals surface area (Å²) in [6, 6.07) is 0. The lowest BCUT2D eigenvalue weighted by atomic mass is 10.1. The van der Waals surface area contributed by atoms with Gasteiger partial charge in [0.1, 0.15) is 11.4 Å². The Kier molecular flexibility index (Phi) is 3.36. The molecule has 1 aliphatic rings. The second-order valence-corrected chi connectivity index (χ2v) is 7.60. The van der Waals surface area contributed by atoms with Gasteiger partial charge in [0, 0.05) is 10.4 Å². The first kappa shape index (κ1) is 14.3. The monoisotopic (exact) mass is 305 g/mol. The Hall–Kier alpha value is -1.69. The number of nitrogens with zero attached hydrogens (tertiary/aromatic N) is 2. The maximum Gasteiger partial charge on any atom is 0.262 e. The summed E-state index contributed by atoms with van der Waals surface area (Å²) in [6.45, 7) is 5.77. The van der Waals surface area contributed by atoms with E-state index in [1.54, 1.807) is 11.3 Å². The zero-order valence-corrected chi connectivity index (χ0v) is 13.3. The molecule has 0 aromatic carbocycles. The first-order valence-corrected chi connectivity index (χ1v) is 7.97. The van der Waals surface area contributed by atoms with Gasteiger partial charge in [-0.15, -0.1) is 11.3 Å². The van der Waals surface area contributed by atoms with Crippen molar-refractivity contribution in [3.8, 4) is 0 Å². The average molecular weight is 305 g/mol. The average Bonchev–Trinajstić information content (AvgIpc) is 2.90. The number of thiophene rings is 1. The Morgan fingerprint density at radius 2 is 2.19 bits per heavy atom. The van der Waals surface area contributed by atoms with Crippen molar-refractivity contribution in [2.24, 2.45) is 0 Å². The van der Waals surface area contributed by atoms with Crippen molar-refractivity contribution in [3.05, 3.63) is 27.1 Å². The van der Waals surface area contributed by atoms with Gasteiger partial charge in [-0.05, 0) is 45.6 Å². The highest BCUT2D eigenvalue weighted by molar-refractivity contribution is 7.18. The van der Waals surface area contributed by atoms with E-state index in [9.17, 15) is 9.59 Å². The van der Waals surface area contributed by atoms with Crippen LogP contribution in [0, 0.1) is 0 Å². The number of fused-ring (bicyclic) bond motifs is 3. The largest absolute Gasteiger partial charge is 0.350 e. The van der Waals surface area contributed by atoms with Crippen LogP contribution in [0.25, 0.3) is 10.2 Å². The molecule has 2 aromatic heterocycles. The molecule has 21 heavy (non-hydrogen) atoms. The second-order valence-electron chi connectivity index (χ2n) is 6.51. The minimum absolute atomic E-state index is 0.0175. The Morgan fingerprint density at radius 1 is 1.43 bits per heavy atom. The van der Waals surface area contributed by atoms with E-state index in [-0.39, 0.29) is 23.6 Å². The van der Waals surface area contributed by atoms with Crippen molar-refractivity contribution in [3.63, 3.8) is 0 Å². The molecule has 0 fully saturated rings. The molecule has 1 amide bonds. The van der Waals surface area contributed by atoms with Crippen LogP contribution in [0.3, 0.4) is 0 Å². The standard InChI is InChI=1S/C15H19N3O2S/c1-15(2,3)17-11(19)7-18-8-16-13-12(14(18)20)9-5-4-6-10(9)21-13/h8H,4-7H2,1-3H3,(H,17,19). The highest BCUT2D eigenvalue weighted by atomic mass is 32.1. The number of hydrogen-bond donors (Lipinski definition) is 1. The number of aryl methyl sites for hydroxylation is 2. The lowest BCUT2D eigenvalue weighted by Crippen LogP contribution is -2.43. The van der Waals surface area contributed by atoms with Crippen LogP contribution < -0.4 is 10.9 Å². The zero-order valence-electron chi connectivity index (χ0n) is 12.5. The molecule has 0 aliphatic heterocycles. The molecule has 6 heteroatoms. The van der Waals surface area contributed by atoms with Gasteiger partial charge in [0.05, 0.1) is 11.7 Å². The van der Waals surface area contributed by atoms with Gasteiger partial charge >= 0.3 is 0 Å². The molecule has 1 N–H and O–H groups in total. The van der Waals surface area contributed by atoms with Crippen LogP contribution >= 0.6 is 11.3 Å². The number of aromatic nitrogens is 2. The quantitative estimate of drug-likeness (QED) is 0.921. The van der Waals surface area contributed by atoms with Crippen molar-refractivity contribution in [2.45, 2.75) is 52.1 Å². The highest BCUT2D eigenvalue weighted by Gasteiger charge is 2.22. The van der Waals surface area contributed by atoms with Crippen molar-refractivity contribution in [2.75, 3.05) is 0 Å². The van der Waals surface area contributed by atoms with Crippen molar-refractivity contribution in [1.29, 1.82) is 0 Å². The Labute approximate surface area is 127 Å². The molecule has 2 aromatic rings. The molecular formula is C15H19N3O2S. The summed E-state index contributed by atoms with van der Waals surface area (Å²) in [7, 11) is 0. The SMILES string of the molecule is CC(C)(C)NC(=O)Cn1cnc2sc3c(c2c1=O)CCC3. The third-order valence-corrected chi connectivity index (χ3v) is 4.72. The minimum Gasteiger partial charge on any atom is -0.350 e. The molecule has 5 nitrogen and oxygen atoms in total. The fourth-order valence-electron chi connectivity index (χ4n) is 2.74. The van der Waals surface area contributed by atoms with Gasteiger partial charge in [-0.1, -0.05) is 0 Å². The summed E-state index contributed by atoms with van der Waals surface area (Å²) in [4.78, 5) is 31.0. The molecule has 112 valence electrons. The number of carbonyl (C=O) groups excluding carboxylic acids is 1. The van der Waals surface area contributed by atoms with Gasteiger partial charge < -0.3 is 5.32 Å². The molecule has 0 radical (unpaired) electrons. The van der Waals surface area contributed by atoms with Crippen LogP contribution in [-0.4, -0.2) is 21.0 Å². The lowest BCUT2D eigenvalue weighted by Gasteiger charge is -2.20. The lowest BCUT2D eigenvalue weighted by molar-refractivity contribution is -0.123. The molecule has 3 rings (SSSR count). The second kappa shape index (κ2) is 4.94. The summed E-state index contributed by atoms with van der Waals surface area (Å²) < 4.78 is 1.41. The summed E-state index contributed by atoms with van der Waals surface area (Å²) in [5, 5.41) is 3.59. The van der Waals surface area contributed by atoms with E-state index in [0.29, 0.717) is 0 Å². The first-order valence-electron chi connectivity index (χ1n) is 7.16. The number of carbonyl (C=O) groups is 1. The van der Waals surface area contributed by atoms with E-state index in [0.717, 1.165) is 35.0 Å². The number of rotatable bonds is 2. The van der Waals surface area contributed by atoms with Crippen LogP contribution in [0.15, 0.2) is 11.1 Å². The summed E-state index contributed by atoms with van der Waals surface area (Å²) >= 11 is 1.61.